The van der Waals surface area contributed by atoms with E-state index < -0.39 is 0 Å². The lowest BCUT2D eigenvalue weighted by Crippen LogP contribution is -2.19. The van der Waals surface area contributed by atoms with E-state index in [0.717, 1.165) is 11.0 Å². The van der Waals surface area contributed by atoms with Gasteiger partial charge in [-0.15, -0.1) is 0 Å². The quantitative estimate of drug-likeness (QED) is 0.417. The maximum Gasteiger partial charge on any atom is 0.244 e. The van der Waals surface area contributed by atoms with E-state index in [0.29, 0.717) is 32.9 Å². The zero-order chi connectivity index (χ0) is 21.8. The molecule has 4 rings (SSSR count). The average molecular weight is 451 g/mol. The molecule has 0 spiro atoms. The highest BCUT2D eigenvalue weighted by Gasteiger charge is 2.18. The number of amides is 1. The van der Waals surface area contributed by atoms with Crippen molar-refractivity contribution in [2.24, 2.45) is 0 Å². The van der Waals surface area contributed by atoms with Crippen LogP contribution in [0.15, 0.2) is 66.7 Å². The van der Waals surface area contributed by atoms with E-state index >= 15 is 0 Å². The molecular weight excluding hydrogens is 435 g/mol. The standard InChI is InChI=1S/C23H16Cl2N4O2/c24-18-5-3-4-17(22(18)25)23-28-19-6-1-2-7-20(19)29(23)14-21(30)27-15-8-10-16(11-9-15)31-13-12-26/h1-11H,13-14H2,(H,27,30). The summed E-state index contributed by atoms with van der Waals surface area (Å²) < 4.78 is 7.04. The molecule has 1 amide bonds. The molecule has 1 aromatic heterocycles. The highest BCUT2D eigenvalue weighted by molar-refractivity contribution is 6.43. The van der Waals surface area contributed by atoms with Crippen LogP contribution in [0.2, 0.25) is 10.0 Å². The molecule has 0 unspecified atom stereocenters. The van der Waals surface area contributed by atoms with Gasteiger partial charge >= 0.3 is 0 Å². The topological polar surface area (TPSA) is 79.9 Å². The minimum Gasteiger partial charge on any atom is -0.479 e. The maximum atomic E-state index is 12.8. The van der Waals surface area contributed by atoms with Gasteiger partial charge in [0.25, 0.3) is 0 Å². The number of fused-ring (bicyclic) bond motifs is 1. The van der Waals surface area contributed by atoms with Crippen LogP contribution in [-0.2, 0) is 11.3 Å². The van der Waals surface area contributed by atoms with Gasteiger partial charge in [-0.1, -0.05) is 41.4 Å². The van der Waals surface area contributed by atoms with Crippen molar-refractivity contribution in [2.45, 2.75) is 6.54 Å². The number of nitrogens with zero attached hydrogens (tertiary/aromatic N) is 3. The first-order valence-electron chi connectivity index (χ1n) is 9.36. The van der Waals surface area contributed by atoms with Gasteiger partial charge in [0.2, 0.25) is 5.91 Å². The Kier molecular flexibility index (Phi) is 6.08. The van der Waals surface area contributed by atoms with Crippen LogP contribution in [0.5, 0.6) is 5.75 Å². The third-order valence-electron chi connectivity index (χ3n) is 4.59. The summed E-state index contributed by atoms with van der Waals surface area (Å²) in [5.41, 5.74) is 2.82. The van der Waals surface area contributed by atoms with Crippen molar-refractivity contribution in [3.05, 3.63) is 76.8 Å². The number of hydrogen-bond donors (Lipinski definition) is 1. The molecule has 1 N–H and O–H groups in total. The second kappa shape index (κ2) is 9.09. The van der Waals surface area contributed by atoms with Crippen molar-refractivity contribution >= 4 is 45.8 Å². The van der Waals surface area contributed by atoms with E-state index in [2.05, 4.69) is 10.3 Å². The zero-order valence-electron chi connectivity index (χ0n) is 16.2. The molecule has 0 bridgehead atoms. The largest absolute Gasteiger partial charge is 0.479 e. The monoisotopic (exact) mass is 450 g/mol. The second-order valence-electron chi connectivity index (χ2n) is 6.63. The molecule has 154 valence electrons. The van der Waals surface area contributed by atoms with Crippen molar-refractivity contribution in [3.63, 3.8) is 0 Å². The summed E-state index contributed by atoms with van der Waals surface area (Å²) in [5.74, 6) is 0.885. The lowest BCUT2D eigenvalue weighted by molar-refractivity contribution is -0.116. The summed E-state index contributed by atoms with van der Waals surface area (Å²) in [6.07, 6.45) is 0. The first kappa shape index (κ1) is 20.7. The number of rotatable bonds is 6. The molecule has 3 aromatic carbocycles. The van der Waals surface area contributed by atoms with Crippen LogP contribution in [0.3, 0.4) is 0 Å². The van der Waals surface area contributed by atoms with Gasteiger partial charge in [-0.25, -0.2) is 4.98 Å². The van der Waals surface area contributed by atoms with Crippen LogP contribution in [0.1, 0.15) is 0 Å². The third kappa shape index (κ3) is 4.48. The van der Waals surface area contributed by atoms with Crippen molar-refractivity contribution < 1.29 is 9.53 Å². The predicted octanol–water partition coefficient (Wildman–Crippen LogP) is 5.55. The van der Waals surface area contributed by atoms with Crippen LogP contribution in [0, 0.1) is 11.3 Å². The van der Waals surface area contributed by atoms with Crippen molar-refractivity contribution in [3.8, 4) is 23.2 Å². The molecule has 0 atom stereocenters. The van der Waals surface area contributed by atoms with Crippen LogP contribution in [0.4, 0.5) is 5.69 Å². The van der Waals surface area contributed by atoms with Gasteiger partial charge in [-0.2, -0.15) is 5.26 Å². The van der Waals surface area contributed by atoms with Gasteiger partial charge < -0.3 is 14.6 Å². The molecule has 0 radical (unpaired) electrons. The first-order chi connectivity index (χ1) is 15.1. The lowest BCUT2D eigenvalue weighted by atomic mass is 10.2. The summed E-state index contributed by atoms with van der Waals surface area (Å²) in [6.45, 7) is -0.000376. The van der Waals surface area contributed by atoms with E-state index in [4.69, 9.17) is 33.2 Å². The number of carbonyl (C=O) groups is 1. The molecule has 0 aliphatic heterocycles. The Morgan fingerprint density at radius 3 is 2.61 bits per heavy atom. The Morgan fingerprint density at radius 2 is 1.84 bits per heavy atom. The molecule has 0 saturated heterocycles. The molecule has 1 heterocycles. The number of aromatic nitrogens is 2. The molecule has 8 heteroatoms. The summed E-state index contributed by atoms with van der Waals surface area (Å²) >= 11 is 12.6. The molecule has 0 fully saturated rings. The summed E-state index contributed by atoms with van der Waals surface area (Å²) in [7, 11) is 0. The van der Waals surface area contributed by atoms with Crippen molar-refractivity contribution in [1.82, 2.24) is 9.55 Å². The van der Waals surface area contributed by atoms with Gasteiger partial charge in [0.1, 0.15) is 24.2 Å². The summed E-state index contributed by atoms with van der Waals surface area (Å²) in [6, 6.07) is 21.6. The molecule has 0 aliphatic carbocycles. The van der Waals surface area contributed by atoms with E-state index in [1.54, 1.807) is 36.4 Å². The Morgan fingerprint density at radius 1 is 1.06 bits per heavy atom. The Hall–Kier alpha value is -3.53. The van der Waals surface area contributed by atoms with E-state index in [1.165, 1.54) is 0 Å². The highest BCUT2D eigenvalue weighted by Crippen LogP contribution is 2.34. The van der Waals surface area contributed by atoms with Gasteiger partial charge in [0.05, 0.1) is 21.1 Å². The number of carbonyl (C=O) groups excluding carboxylic acids is 1. The lowest BCUT2D eigenvalue weighted by Gasteiger charge is -2.12. The molecular formula is C23H16Cl2N4O2. The smallest absolute Gasteiger partial charge is 0.244 e. The normalized spacial score (nSPS) is 10.6. The summed E-state index contributed by atoms with van der Waals surface area (Å²) in [5, 5.41) is 12.2. The number of nitriles is 1. The zero-order valence-corrected chi connectivity index (χ0v) is 17.7. The van der Waals surface area contributed by atoms with Gasteiger partial charge in [-0.3, -0.25) is 4.79 Å². The Bertz CT molecular complexity index is 1290. The molecule has 31 heavy (non-hydrogen) atoms. The van der Waals surface area contributed by atoms with Crippen molar-refractivity contribution in [2.75, 3.05) is 11.9 Å². The van der Waals surface area contributed by atoms with Gasteiger partial charge in [0, 0.05) is 11.3 Å². The third-order valence-corrected chi connectivity index (χ3v) is 5.41. The molecule has 0 saturated carbocycles. The number of benzene rings is 3. The fraction of sp³-hybridized carbons (Fsp3) is 0.0870. The van der Waals surface area contributed by atoms with Crippen LogP contribution < -0.4 is 10.1 Å². The molecule has 4 aromatic rings. The van der Waals surface area contributed by atoms with E-state index in [-0.39, 0.29) is 19.1 Å². The number of halogens is 2. The number of hydrogen-bond acceptors (Lipinski definition) is 4. The van der Waals surface area contributed by atoms with Crippen LogP contribution in [-0.4, -0.2) is 22.1 Å². The number of nitrogens with one attached hydrogen (secondary N) is 1. The Balaban J connectivity index is 1.62. The van der Waals surface area contributed by atoms with E-state index in [9.17, 15) is 4.79 Å². The van der Waals surface area contributed by atoms with Crippen LogP contribution in [0.25, 0.3) is 22.4 Å². The van der Waals surface area contributed by atoms with Crippen molar-refractivity contribution in [1.29, 1.82) is 5.26 Å². The fourth-order valence-corrected chi connectivity index (χ4v) is 3.60. The molecule has 6 nitrogen and oxygen atoms in total. The average Bonchev–Trinajstić information content (AvgIpc) is 3.13. The first-order valence-corrected chi connectivity index (χ1v) is 10.1. The van der Waals surface area contributed by atoms with Gasteiger partial charge in [-0.05, 0) is 48.5 Å². The number of anilines is 1. The second-order valence-corrected chi connectivity index (χ2v) is 7.42. The van der Waals surface area contributed by atoms with Crippen LogP contribution >= 0.6 is 23.2 Å². The number of imidazole rings is 1. The SMILES string of the molecule is N#CCOc1ccc(NC(=O)Cn2c(-c3cccc(Cl)c3Cl)nc3ccccc32)cc1. The summed E-state index contributed by atoms with van der Waals surface area (Å²) in [4.78, 5) is 17.5. The molecule has 0 aliphatic rings. The predicted molar refractivity (Wildman–Crippen MR) is 121 cm³/mol. The minimum absolute atomic E-state index is 0.0331. The minimum atomic E-state index is -0.228. The van der Waals surface area contributed by atoms with Gasteiger partial charge in [0.15, 0.2) is 6.61 Å². The maximum absolute atomic E-state index is 12.8. The highest BCUT2D eigenvalue weighted by atomic mass is 35.5. The van der Waals surface area contributed by atoms with E-state index in [1.807, 2.05) is 41.0 Å². The number of para-hydroxylation sites is 2. The Labute approximate surface area is 188 Å². The fourth-order valence-electron chi connectivity index (χ4n) is 3.21. The number of ether oxygens (including phenoxy) is 1.